The van der Waals surface area contributed by atoms with Crippen molar-refractivity contribution < 1.29 is 28.2 Å². The van der Waals surface area contributed by atoms with Crippen molar-refractivity contribution in [3.63, 3.8) is 0 Å². The van der Waals surface area contributed by atoms with E-state index in [1.165, 1.54) is 12.1 Å². The van der Waals surface area contributed by atoms with Crippen molar-refractivity contribution in [1.82, 2.24) is 15.5 Å². The molecule has 2 heterocycles. The van der Waals surface area contributed by atoms with Crippen molar-refractivity contribution in [2.45, 2.75) is 70.9 Å². The standard InChI is InChI=1S/C31H41F2N3O4/c1-4-10-36-17-25(28(19(2)3)31(36)39)30(38)35-27(13-21-11-22(32)14-23(33)12-21)29(37)26-15-24(16-34-26)40-18-20-8-6-5-7-9-20/h5-9,11-12,14,19,24-29,34,37H,4,10,13,15-18H2,1-3H3,(H,35,38)/t24-,25-,26-,27+,28?,29-/m1/s1. The predicted molar refractivity (Wildman–Crippen MR) is 148 cm³/mol. The lowest BCUT2D eigenvalue weighted by Gasteiger charge is -2.30. The van der Waals surface area contributed by atoms with Gasteiger partial charge in [0.05, 0.1) is 36.7 Å². The molecule has 0 spiro atoms. The van der Waals surface area contributed by atoms with Crippen LogP contribution in [0.5, 0.6) is 0 Å². The number of nitrogens with zero attached hydrogens (tertiary/aromatic N) is 1. The molecular formula is C31H41F2N3O4. The van der Waals surface area contributed by atoms with Crippen molar-refractivity contribution in [1.29, 1.82) is 0 Å². The van der Waals surface area contributed by atoms with Gasteiger partial charge in [-0.3, -0.25) is 9.59 Å². The maximum absolute atomic E-state index is 14.0. The summed E-state index contributed by atoms with van der Waals surface area (Å²) in [7, 11) is 0. The average Bonchev–Trinajstić information content (AvgIpc) is 3.52. The second-order valence-electron chi connectivity index (χ2n) is 11.4. The van der Waals surface area contributed by atoms with Crippen molar-refractivity contribution in [2.75, 3.05) is 19.6 Å². The van der Waals surface area contributed by atoms with Crippen molar-refractivity contribution in [3.05, 3.63) is 71.3 Å². The number of halogens is 2. The van der Waals surface area contributed by atoms with Gasteiger partial charge in [0, 0.05) is 31.7 Å². The second-order valence-corrected chi connectivity index (χ2v) is 11.4. The van der Waals surface area contributed by atoms with E-state index >= 15 is 0 Å². The van der Waals surface area contributed by atoms with E-state index < -0.39 is 41.7 Å². The van der Waals surface area contributed by atoms with Gasteiger partial charge in [0.15, 0.2) is 0 Å². The van der Waals surface area contributed by atoms with Crippen LogP contribution in [0.1, 0.15) is 44.7 Å². The number of hydrogen-bond acceptors (Lipinski definition) is 5. The molecule has 40 heavy (non-hydrogen) atoms. The first-order valence-corrected chi connectivity index (χ1v) is 14.3. The number of nitrogens with one attached hydrogen (secondary N) is 2. The molecule has 0 saturated carbocycles. The van der Waals surface area contributed by atoms with Crippen LogP contribution in [0.4, 0.5) is 8.78 Å². The molecule has 0 aliphatic carbocycles. The maximum Gasteiger partial charge on any atom is 0.226 e. The van der Waals surface area contributed by atoms with Crippen LogP contribution in [0.25, 0.3) is 0 Å². The Labute approximate surface area is 235 Å². The summed E-state index contributed by atoms with van der Waals surface area (Å²) in [5.74, 6) is -2.88. The molecule has 1 unspecified atom stereocenters. The molecule has 2 aromatic rings. The summed E-state index contributed by atoms with van der Waals surface area (Å²) in [6.45, 7) is 7.71. The molecule has 0 aromatic heterocycles. The smallest absolute Gasteiger partial charge is 0.226 e. The number of rotatable bonds is 12. The van der Waals surface area contributed by atoms with E-state index in [9.17, 15) is 23.5 Å². The summed E-state index contributed by atoms with van der Waals surface area (Å²) in [6.07, 6.45) is 0.142. The molecular weight excluding hydrogens is 516 g/mol. The Morgan fingerprint density at radius 3 is 2.50 bits per heavy atom. The van der Waals surface area contributed by atoms with E-state index in [0.717, 1.165) is 18.1 Å². The van der Waals surface area contributed by atoms with Crippen molar-refractivity contribution in [2.24, 2.45) is 17.8 Å². The SMILES string of the molecule is CCCN1C[C@@H](C(=O)N[C@@H](Cc2cc(F)cc(F)c2)[C@H](O)[C@H]2C[C@@H](OCc3ccccc3)CN2)C(C(C)C)C1=O. The summed E-state index contributed by atoms with van der Waals surface area (Å²) < 4.78 is 34.0. The average molecular weight is 558 g/mol. The van der Waals surface area contributed by atoms with Crippen molar-refractivity contribution in [3.8, 4) is 0 Å². The first kappa shape index (κ1) is 30.1. The molecule has 218 valence electrons. The third kappa shape index (κ3) is 7.44. The highest BCUT2D eigenvalue weighted by molar-refractivity contribution is 5.91. The first-order chi connectivity index (χ1) is 19.2. The van der Waals surface area contributed by atoms with E-state index in [2.05, 4.69) is 10.6 Å². The predicted octanol–water partition coefficient (Wildman–Crippen LogP) is 3.44. The summed E-state index contributed by atoms with van der Waals surface area (Å²) >= 11 is 0. The van der Waals surface area contributed by atoms with Crippen LogP contribution in [0.2, 0.25) is 0 Å². The van der Waals surface area contributed by atoms with Crippen LogP contribution in [-0.2, 0) is 27.4 Å². The largest absolute Gasteiger partial charge is 0.389 e. The zero-order chi connectivity index (χ0) is 28.8. The minimum atomic E-state index is -1.05. The Morgan fingerprint density at radius 1 is 1.15 bits per heavy atom. The molecule has 2 aliphatic rings. The number of ether oxygens (including phenoxy) is 1. The van der Waals surface area contributed by atoms with E-state index in [-0.39, 0.29) is 30.3 Å². The molecule has 0 bridgehead atoms. The van der Waals surface area contributed by atoms with Gasteiger partial charge in [-0.15, -0.1) is 0 Å². The summed E-state index contributed by atoms with van der Waals surface area (Å²) in [4.78, 5) is 28.4. The first-order valence-electron chi connectivity index (χ1n) is 14.3. The lowest BCUT2D eigenvalue weighted by Crippen LogP contribution is -2.54. The van der Waals surface area contributed by atoms with Crippen LogP contribution >= 0.6 is 0 Å². The number of aliphatic hydroxyl groups excluding tert-OH is 1. The number of amides is 2. The molecule has 6 atom stereocenters. The fourth-order valence-electron chi connectivity index (χ4n) is 6.01. The highest BCUT2D eigenvalue weighted by Gasteiger charge is 2.46. The zero-order valence-electron chi connectivity index (χ0n) is 23.5. The lowest BCUT2D eigenvalue weighted by molar-refractivity contribution is -0.135. The Morgan fingerprint density at radius 2 is 1.85 bits per heavy atom. The van der Waals surface area contributed by atoms with Crippen LogP contribution in [0.15, 0.2) is 48.5 Å². The van der Waals surface area contributed by atoms with Gasteiger partial charge in [0.25, 0.3) is 0 Å². The van der Waals surface area contributed by atoms with E-state index in [4.69, 9.17) is 4.74 Å². The zero-order valence-corrected chi connectivity index (χ0v) is 23.5. The van der Waals surface area contributed by atoms with Crippen LogP contribution < -0.4 is 10.6 Å². The Bertz CT molecular complexity index is 1130. The van der Waals surface area contributed by atoms with Gasteiger partial charge in [-0.05, 0) is 48.4 Å². The monoisotopic (exact) mass is 557 g/mol. The molecule has 2 amide bonds. The molecule has 4 rings (SSSR count). The van der Waals surface area contributed by atoms with Gasteiger partial charge in [0.2, 0.25) is 11.8 Å². The van der Waals surface area contributed by atoms with Gasteiger partial charge >= 0.3 is 0 Å². The third-order valence-corrected chi connectivity index (χ3v) is 7.98. The topological polar surface area (TPSA) is 90.9 Å². The molecule has 9 heteroatoms. The fraction of sp³-hybridized carbons (Fsp3) is 0.548. The quantitative estimate of drug-likeness (QED) is 0.372. The van der Waals surface area contributed by atoms with Crippen LogP contribution in [0, 0.1) is 29.4 Å². The van der Waals surface area contributed by atoms with Gasteiger partial charge in [-0.25, -0.2) is 8.78 Å². The minimum Gasteiger partial charge on any atom is -0.389 e. The van der Waals surface area contributed by atoms with Gasteiger partial charge in [0.1, 0.15) is 11.6 Å². The van der Waals surface area contributed by atoms with E-state index in [1.807, 2.05) is 51.1 Å². The van der Waals surface area contributed by atoms with E-state index in [1.54, 1.807) is 4.90 Å². The van der Waals surface area contributed by atoms with E-state index in [0.29, 0.717) is 38.2 Å². The number of hydrogen-bond donors (Lipinski definition) is 3. The fourth-order valence-corrected chi connectivity index (χ4v) is 6.01. The maximum atomic E-state index is 14.0. The number of carbonyl (C=O) groups excluding carboxylic acids is 2. The minimum absolute atomic E-state index is 0.0288. The molecule has 3 N–H and O–H groups in total. The summed E-state index contributed by atoms with van der Waals surface area (Å²) in [5.41, 5.74) is 1.37. The van der Waals surface area contributed by atoms with Gasteiger partial charge in [-0.1, -0.05) is 51.1 Å². The molecule has 2 aliphatic heterocycles. The molecule has 2 saturated heterocycles. The van der Waals surface area contributed by atoms with Gasteiger partial charge < -0.3 is 25.4 Å². The van der Waals surface area contributed by atoms with Crippen LogP contribution in [-0.4, -0.2) is 65.7 Å². The highest BCUT2D eigenvalue weighted by atomic mass is 19.1. The summed E-state index contributed by atoms with van der Waals surface area (Å²) in [6, 6.07) is 11.8. The third-order valence-electron chi connectivity index (χ3n) is 7.98. The molecule has 2 fully saturated rings. The Kier molecular flexibility index (Phi) is 10.3. The second kappa shape index (κ2) is 13.7. The number of likely N-dealkylation sites (tertiary alicyclic amines) is 1. The number of benzene rings is 2. The van der Waals surface area contributed by atoms with Crippen LogP contribution in [0.3, 0.4) is 0 Å². The molecule has 7 nitrogen and oxygen atoms in total. The number of carbonyl (C=O) groups is 2. The highest BCUT2D eigenvalue weighted by Crippen LogP contribution is 2.32. The number of aliphatic hydroxyl groups is 1. The molecule has 0 radical (unpaired) electrons. The van der Waals surface area contributed by atoms with Gasteiger partial charge in [-0.2, -0.15) is 0 Å². The van der Waals surface area contributed by atoms with Crippen molar-refractivity contribution >= 4 is 11.8 Å². The lowest BCUT2D eigenvalue weighted by atomic mass is 9.84. The molecule has 2 aromatic carbocycles. The Balaban J connectivity index is 1.48. The Hall–Kier alpha value is -2.88. The summed E-state index contributed by atoms with van der Waals surface area (Å²) in [5, 5.41) is 17.7. The normalized spacial score (nSPS) is 24.5.